The molecule has 1 aromatic heterocycles. The van der Waals surface area contributed by atoms with Crippen LogP contribution in [0.15, 0.2) is 24.3 Å². The van der Waals surface area contributed by atoms with E-state index in [1.807, 2.05) is 16.8 Å². The van der Waals surface area contributed by atoms with Gasteiger partial charge in [0, 0.05) is 36.7 Å². The molecule has 1 amide bonds. The van der Waals surface area contributed by atoms with Crippen LogP contribution in [0.25, 0.3) is 0 Å². The first-order valence-corrected chi connectivity index (χ1v) is 9.24. The summed E-state index contributed by atoms with van der Waals surface area (Å²) in [6, 6.07) is 8.11. The summed E-state index contributed by atoms with van der Waals surface area (Å²) in [7, 11) is 4.12. The smallest absolute Gasteiger partial charge is 0.226 e. The average Bonchev–Trinajstić information content (AvgIpc) is 2.94. The Bertz CT molecular complexity index is 782. The van der Waals surface area contributed by atoms with Gasteiger partial charge in [-0.25, -0.2) is 0 Å². The Balaban J connectivity index is 1.82. The number of nitrogens with one attached hydrogen (secondary N) is 1. The van der Waals surface area contributed by atoms with E-state index in [1.165, 1.54) is 0 Å². The fourth-order valence-electron chi connectivity index (χ4n) is 3.52. The molecule has 2 heterocycles. The van der Waals surface area contributed by atoms with Crippen molar-refractivity contribution in [3.05, 3.63) is 41.1 Å². The van der Waals surface area contributed by atoms with Crippen molar-refractivity contribution in [3.8, 4) is 5.75 Å². The largest absolute Gasteiger partial charge is 0.494 e. The van der Waals surface area contributed by atoms with E-state index >= 15 is 0 Å². The second-order valence-corrected chi connectivity index (χ2v) is 7.05. The molecule has 0 fully saturated rings. The van der Waals surface area contributed by atoms with Gasteiger partial charge in [-0.3, -0.25) is 9.48 Å². The molecule has 0 radical (unpaired) electrons. The lowest BCUT2D eigenvalue weighted by molar-refractivity contribution is -0.116. The fourth-order valence-corrected chi connectivity index (χ4v) is 3.52. The van der Waals surface area contributed by atoms with Gasteiger partial charge < -0.3 is 15.0 Å². The van der Waals surface area contributed by atoms with Crippen LogP contribution in [-0.4, -0.2) is 47.8 Å². The van der Waals surface area contributed by atoms with Gasteiger partial charge >= 0.3 is 0 Å². The number of carbonyl (C=O) groups excluding carboxylic acids is 1. The number of ether oxygens (including phenoxy) is 1. The van der Waals surface area contributed by atoms with E-state index in [4.69, 9.17) is 4.74 Å². The Morgan fingerprint density at radius 1 is 1.38 bits per heavy atom. The second-order valence-electron chi connectivity index (χ2n) is 7.05. The van der Waals surface area contributed by atoms with Crippen LogP contribution in [0, 0.1) is 6.92 Å². The number of amides is 1. The number of hydrogen-bond donors (Lipinski definition) is 1. The van der Waals surface area contributed by atoms with Gasteiger partial charge in [0.15, 0.2) is 5.82 Å². The number of nitrogens with zero attached hydrogens (tertiary/aromatic N) is 3. The average molecular weight is 356 g/mol. The molecule has 1 aliphatic rings. The first kappa shape index (κ1) is 18.5. The number of rotatable bonds is 7. The molecule has 6 heteroatoms. The zero-order valence-corrected chi connectivity index (χ0v) is 16.1. The van der Waals surface area contributed by atoms with Crippen molar-refractivity contribution in [1.29, 1.82) is 0 Å². The first-order valence-electron chi connectivity index (χ1n) is 9.24. The zero-order chi connectivity index (χ0) is 18.7. The molecule has 0 aliphatic carbocycles. The third kappa shape index (κ3) is 3.90. The first-order chi connectivity index (χ1) is 12.5. The quantitative estimate of drug-likeness (QED) is 0.775. The van der Waals surface area contributed by atoms with Gasteiger partial charge in [-0.1, -0.05) is 12.1 Å². The lowest BCUT2D eigenvalue weighted by Crippen LogP contribution is -2.23. The number of carbonyl (C=O) groups is 1. The Hall–Kier alpha value is -2.34. The Morgan fingerprint density at radius 3 is 2.92 bits per heavy atom. The number of fused-ring (bicyclic) bond motifs is 1. The summed E-state index contributed by atoms with van der Waals surface area (Å²) >= 11 is 0. The van der Waals surface area contributed by atoms with Crippen LogP contribution < -0.4 is 10.1 Å². The number of hydrogen-bond acceptors (Lipinski definition) is 4. The summed E-state index contributed by atoms with van der Waals surface area (Å²) in [6.45, 7) is 6.61. The van der Waals surface area contributed by atoms with Gasteiger partial charge in [-0.05, 0) is 52.1 Å². The topological polar surface area (TPSA) is 59.4 Å². The minimum absolute atomic E-state index is 0.0144. The molecule has 0 bridgehead atoms. The van der Waals surface area contributed by atoms with E-state index in [0.29, 0.717) is 18.8 Å². The molecule has 1 N–H and O–H groups in total. The van der Waals surface area contributed by atoms with Gasteiger partial charge in [0.1, 0.15) is 5.75 Å². The summed E-state index contributed by atoms with van der Waals surface area (Å²) in [5.74, 6) is 1.59. The van der Waals surface area contributed by atoms with Crippen molar-refractivity contribution >= 4 is 11.7 Å². The summed E-state index contributed by atoms with van der Waals surface area (Å²) in [5, 5.41) is 7.46. The van der Waals surface area contributed by atoms with Crippen LogP contribution in [0.2, 0.25) is 0 Å². The normalized spacial score (nSPS) is 16.5. The summed E-state index contributed by atoms with van der Waals surface area (Å²) in [4.78, 5) is 14.3. The van der Waals surface area contributed by atoms with E-state index in [0.717, 1.165) is 42.1 Å². The minimum atomic E-state index is 0.0144. The van der Waals surface area contributed by atoms with Crippen LogP contribution >= 0.6 is 0 Å². The zero-order valence-electron chi connectivity index (χ0n) is 16.1. The van der Waals surface area contributed by atoms with Crippen molar-refractivity contribution in [2.45, 2.75) is 39.2 Å². The third-order valence-corrected chi connectivity index (χ3v) is 4.83. The standard InChI is InChI=1S/C20H28N4O2/c1-5-24-14(2)19-17(13-18(25)21-20(19)22-24)15-8-6-9-16(12-15)26-11-7-10-23(3)4/h6,8-9,12,17H,5,7,10-11,13H2,1-4H3,(H,21,22,25). The van der Waals surface area contributed by atoms with Crippen LogP contribution in [-0.2, 0) is 11.3 Å². The van der Waals surface area contributed by atoms with Crippen LogP contribution in [0.1, 0.15) is 42.5 Å². The Morgan fingerprint density at radius 2 is 2.19 bits per heavy atom. The van der Waals surface area contributed by atoms with Crippen molar-refractivity contribution in [1.82, 2.24) is 14.7 Å². The maximum Gasteiger partial charge on any atom is 0.226 e. The fraction of sp³-hybridized carbons (Fsp3) is 0.500. The van der Waals surface area contributed by atoms with Crippen molar-refractivity contribution in [2.75, 3.05) is 32.6 Å². The van der Waals surface area contributed by atoms with Crippen LogP contribution in [0.4, 0.5) is 5.82 Å². The van der Waals surface area contributed by atoms with Crippen LogP contribution in [0.5, 0.6) is 5.75 Å². The second kappa shape index (κ2) is 7.91. The van der Waals surface area contributed by atoms with Crippen molar-refractivity contribution < 1.29 is 9.53 Å². The maximum absolute atomic E-state index is 12.2. The molecule has 140 valence electrons. The molecule has 1 aromatic carbocycles. The molecular formula is C20H28N4O2. The number of anilines is 1. The van der Waals surface area contributed by atoms with E-state index in [1.54, 1.807) is 0 Å². The molecule has 1 atom stereocenters. The molecule has 0 saturated carbocycles. The predicted octanol–water partition coefficient (Wildman–Crippen LogP) is 3.02. The highest BCUT2D eigenvalue weighted by atomic mass is 16.5. The van der Waals surface area contributed by atoms with E-state index in [2.05, 4.69) is 55.4 Å². The predicted molar refractivity (Wildman–Crippen MR) is 103 cm³/mol. The highest BCUT2D eigenvalue weighted by Gasteiger charge is 2.31. The van der Waals surface area contributed by atoms with Crippen molar-refractivity contribution in [2.24, 2.45) is 0 Å². The van der Waals surface area contributed by atoms with Gasteiger partial charge in [-0.2, -0.15) is 5.10 Å². The van der Waals surface area contributed by atoms with E-state index in [9.17, 15) is 4.79 Å². The van der Waals surface area contributed by atoms with Crippen molar-refractivity contribution in [3.63, 3.8) is 0 Å². The molecule has 1 aliphatic heterocycles. The molecule has 26 heavy (non-hydrogen) atoms. The SMILES string of the molecule is CCn1nc2c(c1C)C(c1cccc(OCCCN(C)C)c1)CC(=O)N2. The molecule has 0 saturated heterocycles. The highest BCUT2D eigenvalue weighted by molar-refractivity contribution is 5.94. The summed E-state index contributed by atoms with van der Waals surface area (Å²) in [6.07, 6.45) is 1.42. The lowest BCUT2D eigenvalue weighted by atomic mass is 9.86. The molecule has 6 nitrogen and oxygen atoms in total. The van der Waals surface area contributed by atoms with Gasteiger partial charge in [-0.15, -0.1) is 0 Å². The summed E-state index contributed by atoms with van der Waals surface area (Å²) < 4.78 is 7.86. The van der Waals surface area contributed by atoms with Gasteiger partial charge in [0.25, 0.3) is 0 Å². The monoisotopic (exact) mass is 356 g/mol. The molecular weight excluding hydrogens is 328 g/mol. The lowest BCUT2D eigenvalue weighted by Gasteiger charge is -2.23. The Labute approximate surface area is 155 Å². The molecule has 1 unspecified atom stereocenters. The van der Waals surface area contributed by atoms with Crippen LogP contribution in [0.3, 0.4) is 0 Å². The minimum Gasteiger partial charge on any atom is -0.494 e. The maximum atomic E-state index is 12.2. The van der Waals surface area contributed by atoms with E-state index in [-0.39, 0.29) is 11.8 Å². The number of benzene rings is 1. The Kier molecular flexibility index (Phi) is 5.61. The third-order valence-electron chi connectivity index (χ3n) is 4.83. The molecule has 3 rings (SSSR count). The molecule has 2 aromatic rings. The van der Waals surface area contributed by atoms with Gasteiger partial charge in [0.05, 0.1) is 6.61 Å². The number of aromatic nitrogens is 2. The van der Waals surface area contributed by atoms with Gasteiger partial charge in [0.2, 0.25) is 5.91 Å². The summed E-state index contributed by atoms with van der Waals surface area (Å²) in [5.41, 5.74) is 3.34. The highest BCUT2D eigenvalue weighted by Crippen LogP contribution is 2.39. The van der Waals surface area contributed by atoms with E-state index < -0.39 is 0 Å². The molecule has 0 spiro atoms. The number of aryl methyl sites for hydroxylation is 1.